The van der Waals surface area contributed by atoms with Crippen LogP contribution >= 0.6 is 0 Å². The zero-order valence-corrected chi connectivity index (χ0v) is 10.8. The molecule has 0 fully saturated rings. The van der Waals surface area contributed by atoms with Crippen LogP contribution in [0, 0.1) is 0 Å². The van der Waals surface area contributed by atoms with Crippen LogP contribution in [0.4, 0.5) is 0 Å². The van der Waals surface area contributed by atoms with Crippen molar-refractivity contribution in [2.75, 3.05) is 0 Å². The Bertz CT molecular complexity index is 444. The van der Waals surface area contributed by atoms with Gasteiger partial charge in [0, 0.05) is 0 Å². The van der Waals surface area contributed by atoms with E-state index in [1.165, 1.54) is 6.08 Å². The maximum absolute atomic E-state index is 11.8. The number of hydrogen-bond donors (Lipinski definition) is 3. The molecule has 1 unspecified atom stereocenters. The normalized spacial score (nSPS) is 11.8. The quantitative estimate of drug-likeness (QED) is 0.418. The van der Waals surface area contributed by atoms with Crippen molar-refractivity contribution < 1.29 is 24.9 Å². The van der Waals surface area contributed by atoms with Gasteiger partial charge in [-0.15, -0.1) is 0 Å². The smallest absolute Gasteiger partial charge is 0.338 e. The Balaban J connectivity index is 2.80. The van der Waals surface area contributed by atoms with Crippen molar-refractivity contribution in [3.8, 4) is 17.2 Å². The predicted molar refractivity (Wildman–Crippen MR) is 70.4 cm³/mol. The summed E-state index contributed by atoms with van der Waals surface area (Å²) in [5.41, 5.74) is -0.0313. The van der Waals surface area contributed by atoms with Gasteiger partial charge < -0.3 is 20.1 Å². The fraction of sp³-hybridized carbons (Fsp3) is 0.357. The van der Waals surface area contributed by atoms with Crippen molar-refractivity contribution >= 4 is 5.97 Å². The minimum Gasteiger partial charge on any atom is -0.504 e. The van der Waals surface area contributed by atoms with Crippen molar-refractivity contribution in [2.45, 2.75) is 32.3 Å². The lowest BCUT2D eigenvalue weighted by molar-refractivity contribution is 0.0376. The summed E-state index contributed by atoms with van der Waals surface area (Å²) in [7, 11) is 0. The van der Waals surface area contributed by atoms with Crippen LogP contribution in [-0.4, -0.2) is 27.4 Å². The van der Waals surface area contributed by atoms with Gasteiger partial charge in [-0.1, -0.05) is 26.0 Å². The van der Waals surface area contributed by atoms with E-state index in [1.807, 2.05) is 6.92 Å². The Hall–Kier alpha value is -2.17. The highest BCUT2D eigenvalue weighted by Crippen LogP contribution is 2.35. The van der Waals surface area contributed by atoms with Gasteiger partial charge in [0.2, 0.25) is 0 Å². The topological polar surface area (TPSA) is 87.0 Å². The Kier molecular flexibility index (Phi) is 5.23. The van der Waals surface area contributed by atoms with E-state index in [4.69, 9.17) is 4.74 Å². The Labute approximate surface area is 111 Å². The maximum Gasteiger partial charge on any atom is 0.338 e. The summed E-state index contributed by atoms with van der Waals surface area (Å²) in [6.45, 7) is 5.62. The van der Waals surface area contributed by atoms with Gasteiger partial charge in [0.25, 0.3) is 0 Å². The molecule has 0 aliphatic heterocycles. The summed E-state index contributed by atoms with van der Waals surface area (Å²) in [4.78, 5) is 11.8. The molecule has 1 aromatic rings. The Morgan fingerprint density at radius 3 is 2.42 bits per heavy atom. The van der Waals surface area contributed by atoms with Crippen molar-refractivity contribution in [1.82, 2.24) is 0 Å². The van der Waals surface area contributed by atoms with Gasteiger partial charge in [-0.05, 0) is 25.0 Å². The number of rotatable bonds is 6. The van der Waals surface area contributed by atoms with Gasteiger partial charge in [-0.3, -0.25) is 0 Å². The zero-order chi connectivity index (χ0) is 14.4. The molecular weight excluding hydrogens is 248 g/mol. The van der Waals surface area contributed by atoms with Gasteiger partial charge in [-0.25, -0.2) is 4.79 Å². The van der Waals surface area contributed by atoms with E-state index in [1.54, 1.807) is 0 Å². The highest BCUT2D eigenvalue weighted by Gasteiger charge is 2.17. The second-order valence-corrected chi connectivity index (χ2v) is 4.18. The first-order chi connectivity index (χ1) is 8.99. The number of aromatic hydroxyl groups is 3. The molecule has 0 radical (unpaired) electrons. The largest absolute Gasteiger partial charge is 0.504 e. The average molecular weight is 266 g/mol. The number of ether oxygens (including phenoxy) is 1. The van der Waals surface area contributed by atoms with Crippen molar-refractivity contribution in [3.05, 3.63) is 30.4 Å². The lowest BCUT2D eigenvalue weighted by atomic mass is 10.1. The molecular formula is C14H18O5. The van der Waals surface area contributed by atoms with E-state index in [-0.39, 0.29) is 5.56 Å². The summed E-state index contributed by atoms with van der Waals surface area (Å²) >= 11 is 0. The molecule has 0 spiro atoms. The molecule has 3 N–H and O–H groups in total. The number of benzene rings is 1. The molecule has 5 heteroatoms. The molecule has 1 rings (SSSR count). The summed E-state index contributed by atoms with van der Waals surface area (Å²) in [6.07, 6.45) is 3.67. The molecule has 0 heterocycles. The third-order valence-corrected chi connectivity index (χ3v) is 2.67. The fourth-order valence-corrected chi connectivity index (χ4v) is 1.56. The molecule has 1 aromatic carbocycles. The van der Waals surface area contributed by atoms with Crippen LogP contribution in [0.2, 0.25) is 0 Å². The first-order valence-electron chi connectivity index (χ1n) is 6.08. The van der Waals surface area contributed by atoms with Gasteiger partial charge in [0.05, 0.1) is 5.56 Å². The zero-order valence-electron chi connectivity index (χ0n) is 10.8. The van der Waals surface area contributed by atoms with E-state index >= 15 is 0 Å². The molecule has 5 nitrogen and oxygen atoms in total. The SMILES string of the molecule is C=CC(CCCC)OC(=O)c1cc(O)c(O)c(O)c1. The predicted octanol–water partition coefficient (Wildman–Crippen LogP) is 2.71. The standard InChI is InChI=1S/C14H18O5/c1-3-5-6-10(4-2)19-14(18)9-7-11(15)13(17)12(16)8-9/h4,7-8,10,15-17H,2-3,5-6H2,1H3. The van der Waals surface area contributed by atoms with Crippen LogP contribution in [0.5, 0.6) is 17.2 Å². The van der Waals surface area contributed by atoms with Gasteiger partial charge >= 0.3 is 5.97 Å². The molecule has 0 bridgehead atoms. The summed E-state index contributed by atoms with van der Waals surface area (Å²) < 4.78 is 5.18. The van der Waals surface area contributed by atoms with Crippen LogP contribution in [0.1, 0.15) is 36.5 Å². The number of esters is 1. The molecule has 0 aromatic heterocycles. The van der Waals surface area contributed by atoms with E-state index < -0.39 is 29.3 Å². The third kappa shape index (κ3) is 3.91. The van der Waals surface area contributed by atoms with Crippen LogP contribution in [0.15, 0.2) is 24.8 Å². The van der Waals surface area contributed by atoms with E-state index in [0.717, 1.165) is 25.0 Å². The Morgan fingerprint density at radius 1 is 1.37 bits per heavy atom. The molecule has 0 saturated heterocycles. The monoisotopic (exact) mass is 266 g/mol. The highest BCUT2D eigenvalue weighted by molar-refractivity contribution is 5.91. The minimum absolute atomic E-state index is 0.0313. The molecule has 104 valence electrons. The minimum atomic E-state index is -0.688. The summed E-state index contributed by atoms with van der Waals surface area (Å²) in [5, 5.41) is 27.8. The Morgan fingerprint density at radius 2 is 1.95 bits per heavy atom. The number of unbranched alkanes of at least 4 members (excludes halogenated alkanes) is 1. The number of phenolic OH excluding ortho intramolecular Hbond substituents is 3. The number of carbonyl (C=O) groups is 1. The van der Waals surface area contributed by atoms with Gasteiger partial charge in [-0.2, -0.15) is 0 Å². The molecule has 0 aliphatic rings. The summed E-state index contributed by atoms with van der Waals surface area (Å²) in [5.74, 6) is -2.50. The van der Waals surface area contributed by atoms with Crippen LogP contribution in [-0.2, 0) is 4.74 Å². The fourth-order valence-electron chi connectivity index (χ4n) is 1.56. The number of hydrogen-bond acceptors (Lipinski definition) is 5. The lowest BCUT2D eigenvalue weighted by Gasteiger charge is -2.14. The average Bonchev–Trinajstić information content (AvgIpc) is 2.39. The van der Waals surface area contributed by atoms with Gasteiger partial charge in [0.1, 0.15) is 6.10 Å². The maximum atomic E-state index is 11.8. The molecule has 19 heavy (non-hydrogen) atoms. The molecule has 1 atom stereocenters. The number of phenols is 3. The first-order valence-corrected chi connectivity index (χ1v) is 6.08. The van der Waals surface area contributed by atoms with Gasteiger partial charge in [0.15, 0.2) is 17.2 Å². The number of carbonyl (C=O) groups excluding carboxylic acids is 1. The molecule has 0 amide bonds. The second kappa shape index (κ2) is 6.68. The van der Waals surface area contributed by atoms with Crippen molar-refractivity contribution in [1.29, 1.82) is 0 Å². The summed E-state index contributed by atoms with van der Waals surface area (Å²) in [6, 6.07) is 2.08. The second-order valence-electron chi connectivity index (χ2n) is 4.18. The third-order valence-electron chi connectivity index (χ3n) is 2.67. The molecule has 0 saturated carbocycles. The highest BCUT2D eigenvalue weighted by atomic mass is 16.5. The van der Waals surface area contributed by atoms with E-state index in [9.17, 15) is 20.1 Å². The van der Waals surface area contributed by atoms with E-state index in [2.05, 4.69) is 6.58 Å². The van der Waals surface area contributed by atoms with Crippen LogP contribution < -0.4 is 0 Å². The van der Waals surface area contributed by atoms with Crippen LogP contribution in [0.25, 0.3) is 0 Å². The van der Waals surface area contributed by atoms with E-state index in [0.29, 0.717) is 6.42 Å². The lowest BCUT2D eigenvalue weighted by Crippen LogP contribution is -2.16. The van der Waals surface area contributed by atoms with Crippen molar-refractivity contribution in [2.24, 2.45) is 0 Å². The van der Waals surface area contributed by atoms with Crippen molar-refractivity contribution in [3.63, 3.8) is 0 Å². The van der Waals surface area contributed by atoms with Crippen LogP contribution in [0.3, 0.4) is 0 Å². The molecule has 0 aliphatic carbocycles. The first kappa shape index (κ1) is 14.9.